The molecule has 0 bridgehead atoms. The Labute approximate surface area is 164 Å². The third kappa shape index (κ3) is 3.29. The van der Waals surface area contributed by atoms with Gasteiger partial charge >= 0.3 is 0 Å². The van der Waals surface area contributed by atoms with E-state index in [4.69, 9.17) is 0 Å². The number of thioether (sulfide) groups is 1. The molecule has 2 amide bonds. The van der Waals surface area contributed by atoms with E-state index in [9.17, 15) is 9.59 Å². The summed E-state index contributed by atoms with van der Waals surface area (Å²) in [6.07, 6.45) is 5.54. The van der Waals surface area contributed by atoms with Crippen LogP contribution >= 0.6 is 11.8 Å². The van der Waals surface area contributed by atoms with Gasteiger partial charge < -0.3 is 9.88 Å². The standard InChI is InChI=1S/C21H27N3O2S/c1-3-18-20(26)24(21(27-18)10-12-23(2)13-11-21)19(25)9-8-15-14-22-17-7-5-4-6-16(15)17/h4-7,14,18,22H,3,8-13H2,1-2H3. The fourth-order valence-electron chi connectivity index (χ4n) is 4.32. The lowest BCUT2D eigenvalue weighted by atomic mass is 10.0. The normalized spacial score (nSPS) is 22.8. The van der Waals surface area contributed by atoms with Crippen molar-refractivity contribution in [1.82, 2.24) is 14.8 Å². The van der Waals surface area contributed by atoms with Gasteiger partial charge in [0.15, 0.2) is 0 Å². The van der Waals surface area contributed by atoms with Crippen molar-refractivity contribution in [3.8, 4) is 0 Å². The number of aromatic amines is 1. The van der Waals surface area contributed by atoms with Crippen LogP contribution in [0.3, 0.4) is 0 Å². The van der Waals surface area contributed by atoms with E-state index in [1.165, 1.54) is 0 Å². The number of hydrogen-bond acceptors (Lipinski definition) is 4. The molecule has 2 aliphatic heterocycles. The summed E-state index contributed by atoms with van der Waals surface area (Å²) < 4.78 is 0. The van der Waals surface area contributed by atoms with E-state index in [1.54, 1.807) is 16.7 Å². The molecule has 1 aromatic heterocycles. The number of aromatic nitrogens is 1. The number of nitrogens with zero attached hydrogens (tertiary/aromatic N) is 2. The van der Waals surface area contributed by atoms with Gasteiger partial charge in [-0.15, -0.1) is 11.8 Å². The third-order valence-corrected chi connectivity index (χ3v) is 7.79. The zero-order valence-electron chi connectivity index (χ0n) is 16.0. The molecule has 0 aliphatic carbocycles. The van der Waals surface area contributed by atoms with Crippen LogP contribution in [0.2, 0.25) is 0 Å². The van der Waals surface area contributed by atoms with Crippen LogP contribution in [0.5, 0.6) is 0 Å². The van der Waals surface area contributed by atoms with Gasteiger partial charge in [-0.3, -0.25) is 14.5 Å². The number of carbonyl (C=O) groups is 2. The number of fused-ring (bicyclic) bond motifs is 1. The minimum absolute atomic E-state index is 0.0155. The molecule has 3 heterocycles. The number of piperidine rings is 1. The first kappa shape index (κ1) is 18.6. The number of amides is 2. The maximum absolute atomic E-state index is 13.2. The number of likely N-dealkylation sites (tertiary alicyclic amines) is 1. The zero-order valence-corrected chi connectivity index (χ0v) is 16.8. The Morgan fingerprint density at radius 1 is 1.30 bits per heavy atom. The molecule has 6 heteroatoms. The molecule has 1 spiro atoms. The second kappa shape index (κ2) is 7.32. The predicted molar refractivity (Wildman–Crippen MR) is 110 cm³/mol. The van der Waals surface area contributed by atoms with Crippen molar-refractivity contribution in [2.24, 2.45) is 0 Å². The van der Waals surface area contributed by atoms with Crippen molar-refractivity contribution in [3.63, 3.8) is 0 Å². The average Bonchev–Trinajstić information content (AvgIpc) is 3.21. The summed E-state index contributed by atoms with van der Waals surface area (Å²) in [7, 11) is 2.11. The summed E-state index contributed by atoms with van der Waals surface area (Å²) in [5, 5.41) is 1.08. The first-order valence-electron chi connectivity index (χ1n) is 9.82. The smallest absolute Gasteiger partial charge is 0.243 e. The Balaban J connectivity index is 1.52. The van der Waals surface area contributed by atoms with Crippen molar-refractivity contribution in [2.75, 3.05) is 20.1 Å². The number of H-pyrrole nitrogens is 1. The van der Waals surface area contributed by atoms with Gasteiger partial charge in [-0.05, 0) is 44.4 Å². The molecule has 1 unspecified atom stereocenters. The van der Waals surface area contributed by atoms with Crippen LogP contribution in [0.15, 0.2) is 30.5 Å². The predicted octanol–water partition coefficient (Wildman–Crippen LogP) is 3.40. The van der Waals surface area contributed by atoms with Gasteiger partial charge in [0.05, 0.1) is 10.1 Å². The van der Waals surface area contributed by atoms with Crippen molar-refractivity contribution in [1.29, 1.82) is 0 Å². The molecule has 1 aromatic carbocycles. The average molecular weight is 386 g/mol. The molecular formula is C21H27N3O2S. The van der Waals surface area contributed by atoms with Crippen LogP contribution in [0.4, 0.5) is 0 Å². The van der Waals surface area contributed by atoms with Crippen LogP contribution in [0.25, 0.3) is 10.9 Å². The first-order valence-corrected chi connectivity index (χ1v) is 10.7. The Morgan fingerprint density at radius 3 is 2.78 bits per heavy atom. The summed E-state index contributed by atoms with van der Waals surface area (Å²) >= 11 is 1.73. The Hall–Kier alpha value is -1.79. The molecule has 1 atom stereocenters. The highest BCUT2D eigenvalue weighted by Gasteiger charge is 2.54. The molecule has 4 rings (SSSR count). The van der Waals surface area contributed by atoms with Gasteiger partial charge in [-0.2, -0.15) is 0 Å². The van der Waals surface area contributed by atoms with Crippen LogP contribution in [-0.2, 0) is 16.0 Å². The second-order valence-corrected chi connectivity index (χ2v) is 9.26. The van der Waals surface area contributed by atoms with Crippen LogP contribution < -0.4 is 0 Å². The van der Waals surface area contributed by atoms with Crippen molar-refractivity contribution < 1.29 is 9.59 Å². The van der Waals surface area contributed by atoms with E-state index in [2.05, 4.69) is 23.0 Å². The Morgan fingerprint density at radius 2 is 2.04 bits per heavy atom. The van der Waals surface area contributed by atoms with Gasteiger partial charge in [0.2, 0.25) is 11.8 Å². The van der Waals surface area contributed by atoms with E-state index in [0.717, 1.165) is 48.8 Å². The Kier molecular flexibility index (Phi) is 5.03. The largest absolute Gasteiger partial charge is 0.361 e. The minimum atomic E-state index is -0.332. The monoisotopic (exact) mass is 385 g/mol. The summed E-state index contributed by atoms with van der Waals surface area (Å²) in [5.74, 6) is 0.00858. The number of benzene rings is 1. The van der Waals surface area contributed by atoms with Gasteiger partial charge in [0, 0.05) is 36.6 Å². The third-order valence-electron chi connectivity index (χ3n) is 5.94. The van der Waals surface area contributed by atoms with Crippen LogP contribution in [-0.4, -0.2) is 56.9 Å². The number of carbonyl (C=O) groups excluding carboxylic acids is 2. The molecule has 2 aliphatic rings. The Bertz CT molecular complexity index is 854. The van der Waals surface area contributed by atoms with E-state index in [1.807, 2.05) is 31.3 Å². The summed E-state index contributed by atoms with van der Waals surface area (Å²) in [4.78, 5) is 33.0. The molecule has 1 N–H and O–H groups in total. The number of nitrogens with one attached hydrogen (secondary N) is 1. The highest BCUT2D eigenvalue weighted by molar-refractivity contribution is 8.02. The fourth-order valence-corrected chi connectivity index (χ4v) is 5.94. The highest BCUT2D eigenvalue weighted by atomic mass is 32.2. The second-order valence-electron chi connectivity index (χ2n) is 7.69. The topological polar surface area (TPSA) is 56.4 Å². The van der Waals surface area contributed by atoms with Gasteiger partial charge in [0.1, 0.15) is 0 Å². The number of hydrogen-bond donors (Lipinski definition) is 1. The lowest BCUT2D eigenvalue weighted by Crippen LogP contribution is -2.53. The SMILES string of the molecule is CCC1SC2(CCN(C)CC2)N(C(=O)CCc2c[nH]c3ccccc23)C1=O. The van der Waals surface area contributed by atoms with Gasteiger partial charge in [0.25, 0.3) is 0 Å². The van der Waals surface area contributed by atoms with E-state index in [0.29, 0.717) is 12.8 Å². The fraction of sp³-hybridized carbons (Fsp3) is 0.524. The minimum Gasteiger partial charge on any atom is -0.361 e. The molecule has 0 saturated carbocycles. The molecule has 2 aromatic rings. The lowest BCUT2D eigenvalue weighted by Gasteiger charge is -2.42. The molecule has 144 valence electrons. The number of aryl methyl sites for hydroxylation is 1. The number of imide groups is 1. The quantitative estimate of drug-likeness (QED) is 0.876. The van der Waals surface area contributed by atoms with Crippen molar-refractivity contribution in [2.45, 2.75) is 49.1 Å². The highest BCUT2D eigenvalue weighted by Crippen LogP contribution is 2.49. The van der Waals surface area contributed by atoms with Crippen LogP contribution in [0.1, 0.15) is 38.2 Å². The van der Waals surface area contributed by atoms with E-state index in [-0.39, 0.29) is 21.9 Å². The van der Waals surface area contributed by atoms with Crippen molar-refractivity contribution >= 4 is 34.5 Å². The maximum Gasteiger partial charge on any atom is 0.243 e. The van der Waals surface area contributed by atoms with Gasteiger partial charge in [-0.25, -0.2) is 0 Å². The van der Waals surface area contributed by atoms with Crippen molar-refractivity contribution in [3.05, 3.63) is 36.0 Å². The molecule has 0 radical (unpaired) electrons. The molecule has 2 saturated heterocycles. The van der Waals surface area contributed by atoms with E-state index < -0.39 is 0 Å². The molecule has 2 fully saturated rings. The van der Waals surface area contributed by atoms with E-state index >= 15 is 0 Å². The lowest BCUT2D eigenvalue weighted by molar-refractivity contribution is -0.148. The van der Waals surface area contributed by atoms with Crippen LogP contribution in [0, 0.1) is 0 Å². The zero-order chi connectivity index (χ0) is 19.0. The van der Waals surface area contributed by atoms with Gasteiger partial charge in [-0.1, -0.05) is 25.1 Å². The summed E-state index contributed by atoms with van der Waals surface area (Å²) in [6, 6.07) is 8.14. The maximum atomic E-state index is 13.2. The summed E-state index contributed by atoms with van der Waals surface area (Å²) in [5.41, 5.74) is 2.23. The number of para-hydroxylation sites is 1. The number of rotatable bonds is 4. The molecular weight excluding hydrogens is 358 g/mol. The summed E-state index contributed by atoms with van der Waals surface area (Å²) in [6.45, 7) is 3.91. The molecule has 27 heavy (non-hydrogen) atoms. The first-order chi connectivity index (χ1) is 13.0. The molecule has 5 nitrogen and oxygen atoms in total.